The van der Waals surface area contributed by atoms with Crippen LogP contribution >= 0.6 is 0 Å². The maximum absolute atomic E-state index is 14.3. The number of rotatable bonds is 13. The quantitative estimate of drug-likeness (QED) is 0.207. The second kappa shape index (κ2) is 14.5. The summed E-state index contributed by atoms with van der Waals surface area (Å²) in [6, 6.07) is 29.6. The van der Waals surface area contributed by atoms with E-state index >= 15 is 0 Å². The molecule has 2 amide bonds. The van der Waals surface area contributed by atoms with Gasteiger partial charge in [0.05, 0.1) is 20.8 Å². The van der Waals surface area contributed by atoms with E-state index in [4.69, 9.17) is 14.2 Å². The lowest BCUT2D eigenvalue weighted by molar-refractivity contribution is -0.126. The van der Waals surface area contributed by atoms with Gasteiger partial charge in [-0.25, -0.2) is 0 Å². The summed E-state index contributed by atoms with van der Waals surface area (Å²) < 4.78 is 16.7. The van der Waals surface area contributed by atoms with E-state index in [-0.39, 0.29) is 18.2 Å². The van der Waals surface area contributed by atoms with Crippen molar-refractivity contribution in [3.8, 4) is 17.2 Å². The molecule has 0 aliphatic carbocycles. The Bertz CT molecular complexity index is 1560. The average Bonchev–Trinajstić information content (AvgIpc) is 3.49. The van der Waals surface area contributed by atoms with Gasteiger partial charge in [0.2, 0.25) is 11.8 Å². The Balaban J connectivity index is 1.51. The summed E-state index contributed by atoms with van der Waals surface area (Å²) >= 11 is 0. The van der Waals surface area contributed by atoms with Gasteiger partial charge in [-0.3, -0.25) is 14.5 Å². The zero-order valence-corrected chi connectivity index (χ0v) is 25.5. The van der Waals surface area contributed by atoms with Crippen LogP contribution in [-0.4, -0.2) is 45.7 Å². The summed E-state index contributed by atoms with van der Waals surface area (Å²) in [7, 11) is 3.11. The van der Waals surface area contributed by atoms with Crippen LogP contribution in [0.15, 0.2) is 97.1 Å². The molecule has 0 unspecified atom stereocenters. The maximum atomic E-state index is 14.3. The SMILES string of the molecule is CCOc1ccc(N(C(=O)CCN2CCc3ccccc32)[C@@H](C(=O)NCc2ccccc2)c2ccc(OC)c(OC)c2)cc1. The first-order valence-electron chi connectivity index (χ1n) is 14.9. The number of para-hydroxylation sites is 1. The van der Waals surface area contributed by atoms with E-state index in [1.807, 2.05) is 73.7 Å². The summed E-state index contributed by atoms with van der Waals surface area (Å²) in [4.78, 5) is 32.3. The van der Waals surface area contributed by atoms with Crippen molar-refractivity contribution in [2.24, 2.45) is 0 Å². The molecule has 1 atom stereocenters. The molecular weight excluding hydrogens is 554 g/mol. The van der Waals surface area contributed by atoms with E-state index in [0.29, 0.717) is 48.2 Å². The summed E-state index contributed by atoms with van der Waals surface area (Å²) in [6.45, 7) is 4.15. The predicted octanol–water partition coefficient (Wildman–Crippen LogP) is 5.95. The van der Waals surface area contributed by atoms with Gasteiger partial charge in [-0.2, -0.15) is 0 Å². The Morgan fingerprint density at radius 3 is 2.34 bits per heavy atom. The third kappa shape index (κ3) is 6.97. The standard InChI is InChI=1S/C36H39N3O5/c1-4-44-30-17-15-29(16-18-30)39(34(40)21-23-38-22-20-27-12-8-9-13-31(27)38)35(28-14-19-32(42-2)33(24-28)43-3)36(41)37-25-26-10-6-5-7-11-26/h5-19,24,35H,4,20-23,25H2,1-3H3,(H,37,41)/t35-/m1/s1. The zero-order chi connectivity index (χ0) is 30.9. The fourth-order valence-electron chi connectivity index (χ4n) is 5.62. The number of methoxy groups -OCH3 is 2. The van der Waals surface area contributed by atoms with Crippen LogP contribution in [0.5, 0.6) is 17.2 Å². The number of anilines is 2. The van der Waals surface area contributed by atoms with E-state index in [2.05, 4.69) is 22.3 Å². The average molecular weight is 594 g/mol. The van der Waals surface area contributed by atoms with Crippen LogP contribution in [0.4, 0.5) is 11.4 Å². The van der Waals surface area contributed by atoms with Crippen molar-refractivity contribution in [3.63, 3.8) is 0 Å². The van der Waals surface area contributed by atoms with Crippen molar-refractivity contribution in [3.05, 3.63) is 114 Å². The Kier molecular flexibility index (Phi) is 10.0. The van der Waals surface area contributed by atoms with Crippen molar-refractivity contribution >= 4 is 23.2 Å². The molecule has 0 radical (unpaired) electrons. The van der Waals surface area contributed by atoms with E-state index in [0.717, 1.165) is 24.2 Å². The first-order valence-corrected chi connectivity index (χ1v) is 14.9. The smallest absolute Gasteiger partial charge is 0.248 e. The highest BCUT2D eigenvalue weighted by atomic mass is 16.5. The van der Waals surface area contributed by atoms with E-state index < -0.39 is 6.04 Å². The minimum absolute atomic E-state index is 0.173. The van der Waals surface area contributed by atoms with Gasteiger partial charge in [0.15, 0.2) is 11.5 Å². The number of amides is 2. The molecule has 1 heterocycles. The summed E-state index contributed by atoms with van der Waals surface area (Å²) in [5.41, 5.74) is 4.59. The van der Waals surface area contributed by atoms with Crippen LogP contribution in [-0.2, 0) is 22.6 Å². The number of nitrogens with zero attached hydrogens (tertiary/aromatic N) is 2. The Hall–Kier alpha value is -4.98. The molecule has 1 N–H and O–H groups in total. The largest absolute Gasteiger partial charge is 0.494 e. The van der Waals surface area contributed by atoms with E-state index in [1.165, 1.54) is 5.56 Å². The molecule has 0 bridgehead atoms. The number of carbonyl (C=O) groups excluding carboxylic acids is 2. The number of hydrogen-bond donors (Lipinski definition) is 1. The summed E-state index contributed by atoms with van der Waals surface area (Å²) in [5, 5.41) is 3.07. The van der Waals surface area contributed by atoms with Crippen LogP contribution in [0.1, 0.15) is 36.1 Å². The van der Waals surface area contributed by atoms with Crippen molar-refractivity contribution < 1.29 is 23.8 Å². The van der Waals surface area contributed by atoms with E-state index in [1.54, 1.807) is 37.3 Å². The van der Waals surface area contributed by atoms with Crippen molar-refractivity contribution in [2.75, 3.05) is 43.7 Å². The molecule has 228 valence electrons. The highest BCUT2D eigenvalue weighted by Crippen LogP contribution is 2.36. The van der Waals surface area contributed by atoms with Crippen LogP contribution in [0, 0.1) is 0 Å². The third-order valence-corrected chi connectivity index (χ3v) is 7.81. The number of nitrogens with one attached hydrogen (secondary N) is 1. The molecule has 0 saturated carbocycles. The fraction of sp³-hybridized carbons (Fsp3) is 0.278. The maximum Gasteiger partial charge on any atom is 0.248 e. The predicted molar refractivity (Wildman–Crippen MR) is 173 cm³/mol. The normalized spacial score (nSPS) is 12.7. The molecule has 0 spiro atoms. The van der Waals surface area contributed by atoms with Gasteiger partial charge in [0.1, 0.15) is 11.8 Å². The van der Waals surface area contributed by atoms with Crippen LogP contribution < -0.4 is 29.3 Å². The topological polar surface area (TPSA) is 80.3 Å². The lowest BCUT2D eigenvalue weighted by atomic mass is 10.0. The Morgan fingerprint density at radius 1 is 0.886 bits per heavy atom. The summed E-state index contributed by atoms with van der Waals surface area (Å²) in [6.07, 6.45) is 1.17. The third-order valence-electron chi connectivity index (χ3n) is 7.81. The molecule has 5 rings (SSSR count). The van der Waals surface area contributed by atoms with Crippen LogP contribution in [0.3, 0.4) is 0 Å². The molecule has 44 heavy (non-hydrogen) atoms. The first-order chi connectivity index (χ1) is 21.5. The summed E-state index contributed by atoms with van der Waals surface area (Å²) in [5.74, 6) is 1.21. The Labute approximate surface area is 259 Å². The van der Waals surface area contributed by atoms with Crippen molar-refractivity contribution in [1.82, 2.24) is 5.32 Å². The number of ether oxygens (including phenoxy) is 3. The van der Waals surface area contributed by atoms with Gasteiger partial charge < -0.3 is 24.4 Å². The highest BCUT2D eigenvalue weighted by molar-refractivity contribution is 6.01. The molecule has 4 aromatic rings. The monoisotopic (exact) mass is 593 g/mol. The molecule has 0 fully saturated rings. The molecule has 0 aromatic heterocycles. The second-order valence-corrected chi connectivity index (χ2v) is 10.5. The molecule has 4 aromatic carbocycles. The zero-order valence-electron chi connectivity index (χ0n) is 25.5. The minimum Gasteiger partial charge on any atom is -0.494 e. The minimum atomic E-state index is -0.977. The molecule has 8 nitrogen and oxygen atoms in total. The molecule has 8 heteroatoms. The molecular formula is C36H39N3O5. The van der Waals surface area contributed by atoms with Gasteiger partial charge in [-0.15, -0.1) is 0 Å². The second-order valence-electron chi connectivity index (χ2n) is 10.5. The van der Waals surface area contributed by atoms with Gasteiger partial charge >= 0.3 is 0 Å². The molecule has 1 aliphatic heterocycles. The Morgan fingerprint density at radius 2 is 1.61 bits per heavy atom. The van der Waals surface area contributed by atoms with Crippen LogP contribution in [0.2, 0.25) is 0 Å². The van der Waals surface area contributed by atoms with Crippen LogP contribution in [0.25, 0.3) is 0 Å². The van der Waals surface area contributed by atoms with Gasteiger partial charge in [0, 0.05) is 37.4 Å². The van der Waals surface area contributed by atoms with Crippen molar-refractivity contribution in [2.45, 2.75) is 32.4 Å². The van der Waals surface area contributed by atoms with E-state index in [9.17, 15) is 9.59 Å². The fourth-order valence-corrected chi connectivity index (χ4v) is 5.62. The van der Waals surface area contributed by atoms with Gasteiger partial charge in [0.25, 0.3) is 0 Å². The highest BCUT2D eigenvalue weighted by Gasteiger charge is 2.34. The first kappa shape index (κ1) is 30.5. The van der Waals surface area contributed by atoms with Gasteiger partial charge in [-0.05, 0) is 72.5 Å². The lowest BCUT2D eigenvalue weighted by Gasteiger charge is -2.32. The van der Waals surface area contributed by atoms with Crippen molar-refractivity contribution in [1.29, 1.82) is 0 Å². The lowest BCUT2D eigenvalue weighted by Crippen LogP contribution is -2.44. The number of fused-ring (bicyclic) bond motifs is 1. The molecule has 1 aliphatic rings. The number of hydrogen-bond acceptors (Lipinski definition) is 6. The van der Waals surface area contributed by atoms with Gasteiger partial charge in [-0.1, -0.05) is 54.6 Å². The number of benzene rings is 4. The molecule has 0 saturated heterocycles. The number of carbonyl (C=O) groups is 2.